The van der Waals surface area contributed by atoms with E-state index in [0.29, 0.717) is 41.7 Å². The van der Waals surface area contributed by atoms with Crippen LogP contribution >= 0.6 is 0 Å². The number of carbonyl (C=O) groups excluding carboxylic acids is 2. The molecule has 0 fully saturated rings. The highest BCUT2D eigenvalue weighted by Gasteiger charge is 2.17. The van der Waals surface area contributed by atoms with E-state index in [1.165, 1.54) is 0 Å². The molecule has 0 unspecified atom stereocenters. The standard InChI is InChI=1S/C21H23N5O5/c1-3-29-15-8-6-14(7-9-15)23-18(27)12-31-16-10-5-13(11-17(16)30-4-2)19-20(21(22)28)25-26-24-19/h5-11H,3-4,12H2,1-2H3,(H2,22,28)(H,23,27)(H,24,25,26). The molecule has 10 nitrogen and oxygen atoms in total. The van der Waals surface area contributed by atoms with Gasteiger partial charge in [-0.25, -0.2) is 0 Å². The maximum atomic E-state index is 12.3. The number of H-pyrrole nitrogens is 1. The second-order valence-electron chi connectivity index (χ2n) is 6.27. The van der Waals surface area contributed by atoms with E-state index in [1.807, 2.05) is 13.8 Å². The van der Waals surface area contributed by atoms with Gasteiger partial charge in [-0.3, -0.25) is 9.59 Å². The molecule has 1 aromatic heterocycles. The second kappa shape index (κ2) is 10.1. The predicted molar refractivity (Wildman–Crippen MR) is 113 cm³/mol. The van der Waals surface area contributed by atoms with Gasteiger partial charge in [0.15, 0.2) is 23.8 Å². The highest BCUT2D eigenvalue weighted by atomic mass is 16.5. The zero-order chi connectivity index (χ0) is 22.2. The molecule has 31 heavy (non-hydrogen) atoms. The number of aromatic amines is 1. The SMILES string of the molecule is CCOc1ccc(NC(=O)COc2ccc(-c3n[nH]nc3C(N)=O)cc2OCC)cc1. The minimum Gasteiger partial charge on any atom is -0.494 e. The first kappa shape index (κ1) is 21.6. The van der Waals surface area contributed by atoms with Gasteiger partial charge in [0.25, 0.3) is 11.8 Å². The Morgan fingerprint density at radius 1 is 0.968 bits per heavy atom. The fourth-order valence-corrected chi connectivity index (χ4v) is 2.79. The van der Waals surface area contributed by atoms with Gasteiger partial charge in [-0.15, -0.1) is 0 Å². The van der Waals surface area contributed by atoms with Crippen LogP contribution in [0, 0.1) is 0 Å². The summed E-state index contributed by atoms with van der Waals surface area (Å²) in [4.78, 5) is 23.8. The van der Waals surface area contributed by atoms with Crippen molar-refractivity contribution in [3.8, 4) is 28.5 Å². The van der Waals surface area contributed by atoms with Crippen molar-refractivity contribution in [3.05, 3.63) is 48.2 Å². The Bertz CT molecular complexity index is 1050. The van der Waals surface area contributed by atoms with Crippen molar-refractivity contribution < 1.29 is 23.8 Å². The lowest BCUT2D eigenvalue weighted by atomic mass is 10.1. The van der Waals surface area contributed by atoms with E-state index in [4.69, 9.17) is 19.9 Å². The summed E-state index contributed by atoms with van der Waals surface area (Å²) in [7, 11) is 0. The maximum Gasteiger partial charge on any atom is 0.271 e. The third-order valence-corrected chi connectivity index (χ3v) is 4.11. The van der Waals surface area contributed by atoms with Gasteiger partial charge >= 0.3 is 0 Å². The summed E-state index contributed by atoms with van der Waals surface area (Å²) in [6.07, 6.45) is 0. The fraction of sp³-hybridized carbons (Fsp3) is 0.238. The molecular formula is C21H23N5O5. The van der Waals surface area contributed by atoms with Crippen molar-refractivity contribution >= 4 is 17.5 Å². The van der Waals surface area contributed by atoms with Crippen molar-refractivity contribution in [2.75, 3.05) is 25.1 Å². The van der Waals surface area contributed by atoms with Crippen LogP contribution in [-0.4, -0.2) is 47.0 Å². The molecule has 0 saturated heterocycles. The topological polar surface area (TPSA) is 141 Å². The van der Waals surface area contributed by atoms with Gasteiger partial charge < -0.3 is 25.3 Å². The molecule has 1 heterocycles. The first-order valence-electron chi connectivity index (χ1n) is 9.65. The van der Waals surface area contributed by atoms with E-state index in [9.17, 15) is 9.59 Å². The average molecular weight is 425 g/mol. The van der Waals surface area contributed by atoms with Crippen molar-refractivity contribution in [1.82, 2.24) is 15.4 Å². The predicted octanol–water partition coefficient (Wildman–Crippen LogP) is 2.39. The number of ether oxygens (including phenoxy) is 3. The summed E-state index contributed by atoms with van der Waals surface area (Å²) in [5.74, 6) is 0.463. The molecule has 0 spiro atoms. The minimum absolute atomic E-state index is 0.0193. The van der Waals surface area contributed by atoms with Crippen LogP contribution in [0.2, 0.25) is 0 Å². The first-order valence-corrected chi connectivity index (χ1v) is 9.65. The highest BCUT2D eigenvalue weighted by molar-refractivity contribution is 5.96. The summed E-state index contributed by atoms with van der Waals surface area (Å²) in [6, 6.07) is 12.0. The molecule has 0 aliphatic rings. The number of rotatable bonds is 10. The normalized spacial score (nSPS) is 10.4. The zero-order valence-electron chi connectivity index (χ0n) is 17.2. The van der Waals surface area contributed by atoms with E-state index >= 15 is 0 Å². The fourth-order valence-electron chi connectivity index (χ4n) is 2.79. The lowest BCUT2D eigenvalue weighted by molar-refractivity contribution is -0.118. The van der Waals surface area contributed by atoms with Gasteiger partial charge in [-0.05, 0) is 56.3 Å². The number of amides is 2. The van der Waals surface area contributed by atoms with E-state index < -0.39 is 5.91 Å². The number of hydrogen-bond donors (Lipinski definition) is 3. The molecule has 4 N–H and O–H groups in total. The van der Waals surface area contributed by atoms with Crippen LogP contribution < -0.4 is 25.3 Å². The van der Waals surface area contributed by atoms with Crippen LogP contribution in [0.5, 0.6) is 17.2 Å². The van der Waals surface area contributed by atoms with Crippen LogP contribution in [0.4, 0.5) is 5.69 Å². The van der Waals surface area contributed by atoms with Gasteiger partial charge in [0.1, 0.15) is 11.4 Å². The number of anilines is 1. The van der Waals surface area contributed by atoms with Gasteiger partial charge in [0, 0.05) is 11.3 Å². The van der Waals surface area contributed by atoms with Gasteiger partial charge in [-0.1, -0.05) is 0 Å². The molecule has 0 radical (unpaired) electrons. The molecule has 2 amide bonds. The Morgan fingerprint density at radius 2 is 1.71 bits per heavy atom. The monoisotopic (exact) mass is 425 g/mol. The van der Waals surface area contributed by atoms with Crippen molar-refractivity contribution in [1.29, 1.82) is 0 Å². The molecule has 0 bridgehead atoms. The van der Waals surface area contributed by atoms with Gasteiger partial charge in [-0.2, -0.15) is 15.4 Å². The third kappa shape index (κ3) is 5.50. The number of aromatic nitrogens is 3. The molecule has 2 aromatic carbocycles. The molecule has 3 aromatic rings. The Balaban J connectivity index is 1.68. The van der Waals surface area contributed by atoms with Crippen molar-refractivity contribution in [3.63, 3.8) is 0 Å². The van der Waals surface area contributed by atoms with Gasteiger partial charge in [0.2, 0.25) is 0 Å². The van der Waals surface area contributed by atoms with Crippen LogP contribution in [0.15, 0.2) is 42.5 Å². The van der Waals surface area contributed by atoms with E-state index in [0.717, 1.165) is 5.75 Å². The smallest absolute Gasteiger partial charge is 0.271 e. The largest absolute Gasteiger partial charge is 0.494 e. The Kier molecular flexibility index (Phi) is 7.05. The number of benzene rings is 2. The van der Waals surface area contributed by atoms with Crippen molar-refractivity contribution in [2.24, 2.45) is 5.73 Å². The molecule has 3 rings (SSSR count). The third-order valence-electron chi connectivity index (χ3n) is 4.11. The maximum absolute atomic E-state index is 12.3. The number of nitrogens with one attached hydrogen (secondary N) is 2. The highest BCUT2D eigenvalue weighted by Crippen LogP contribution is 2.33. The Hall–Kier alpha value is -4.08. The number of primary amides is 1. The molecular weight excluding hydrogens is 402 g/mol. The lowest BCUT2D eigenvalue weighted by Gasteiger charge is -2.13. The quantitative estimate of drug-likeness (QED) is 0.453. The van der Waals surface area contributed by atoms with Crippen LogP contribution in [0.1, 0.15) is 24.3 Å². The summed E-state index contributed by atoms with van der Waals surface area (Å²) in [6.45, 7) is 4.45. The van der Waals surface area contributed by atoms with Crippen LogP contribution in [0.25, 0.3) is 11.3 Å². The number of nitrogens with zero attached hydrogens (tertiary/aromatic N) is 2. The zero-order valence-corrected chi connectivity index (χ0v) is 17.2. The van der Waals surface area contributed by atoms with Crippen molar-refractivity contribution in [2.45, 2.75) is 13.8 Å². The minimum atomic E-state index is -0.701. The van der Waals surface area contributed by atoms with Crippen LogP contribution in [-0.2, 0) is 4.79 Å². The number of nitrogens with two attached hydrogens (primary N) is 1. The van der Waals surface area contributed by atoms with E-state index in [-0.39, 0.29) is 18.2 Å². The Morgan fingerprint density at radius 3 is 2.39 bits per heavy atom. The summed E-state index contributed by atoms with van der Waals surface area (Å²) in [5, 5.41) is 12.9. The first-order chi connectivity index (χ1) is 15.0. The average Bonchev–Trinajstić information content (AvgIpc) is 3.25. The molecule has 162 valence electrons. The molecule has 0 atom stereocenters. The summed E-state index contributed by atoms with van der Waals surface area (Å²) < 4.78 is 16.6. The molecule has 0 saturated carbocycles. The van der Waals surface area contributed by atoms with E-state index in [1.54, 1.807) is 42.5 Å². The summed E-state index contributed by atoms with van der Waals surface area (Å²) >= 11 is 0. The Labute approximate surface area is 178 Å². The van der Waals surface area contributed by atoms with E-state index in [2.05, 4.69) is 20.7 Å². The number of hydrogen-bond acceptors (Lipinski definition) is 7. The lowest BCUT2D eigenvalue weighted by Crippen LogP contribution is -2.20. The molecule has 0 aliphatic heterocycles. The summed E-state index contributed by atoms with van der Waals surface area (Å²) in [5.41, 5.74) is 6.83. The number of carbonyl (C=O) groups is 2. The molecule has 10 heteroatoms. The second-order valence-corrected chi connectivity index (χ2v) is 6.27. The van der Waals surface area contributed by atoms with Gasteiger partial charge in [0.05, 0.1) is 13.2 Å². The van der Waals surface area contributed by atoms with Crippen LogP contribution in [0.3, 0.4) is 0 Å². The molecule has 0 aliphatic carbocycles.